The lowest BCUT2D eigenvalue weighted by Gasteiger charge is -2.08. The number of methoxy groups -OCH3 is 1. The lowest BCUT2D eigenvalue weighted by Crippen LogP contribution is -2.11. The van der Waals surface area contributed by atoms with Crippen LogP contribution in [0.15, 0.2) is 64.0 Å². The average molecular weight is 309 g/mol. The van der Waals surface area contributed by atoms with Crippen molar-refractivity contribution in [2.24, 2.45) is 4.99 Å². The molecule has 0 saturated carbocycles. The van der Waals surface area contributed by atoms with E-state index < -0.39 is 0 Å². The van der Waals surface area contributed by atoms with Gasteiger partial charge in [0.05, 0.1) is 19.4 Å². The van der Waals surface area contributed by atoms with Crippen molar-refractivity contribution in [3.8, 4) is 5.75 Å². The highest BCUT2D eigenvalue weighted by Gasteiger charge is 2.08. The van der Waals surface area contributed by atoms with Crippen LogP contribution in [0, 0.1) is 0 Å². The summed E-state index contributed by atoms with van der Waals surface area (Å²) in [5, 5.41) is 0.964. The zero-order chi connectivity index (χ0) is 16.1. The molecular formula is C19H19NO3. The zero-order valence-corrected chi connectivity index (χ0v) is 13.3. The van der Waals surface area contributed by atoms with Gasteiger partial charge in [0.2, 0.25) is 5.55 Å². The van der Waals surface area contributed by atoms with Crippen LogP contribution in [-0.2, 0) is 11.3 Å². The van der Waals surface area contributed by atoms with E-state index in [1.165, 1.54) is 0 Å². The Morgan fingerprint density at radius 3 is 2.61 bits per heavy atom. The Bertz CT molecular complexity index is 853. The second kappa shape index (κ2) is 7.11. The van der Waals surface area contributed by atoms with E-state index in [1.54, 1.807) is 7.11 Å². The van der Waals surface area contributed by atoms with E-state index in [4.69, 9.17) is 13.9 Å². The molecule has 3 rings (SSSR count). The smallest absolute Gasteiger partial charge is 0.225 e. The third-order valence-electron chi connectivity index (χ3n) is 3.48. The van der Waals surface area contributed by atoms with Crippen molar-refractivity contribution in [2.45, 2.75) is 13.5 Å². The van der Waals surface area contributed by atoms with E-state index >= 15 is 0 Å². The number of benzene rings is 2. The van der Waals surface area contributed by atoms with E-state index in [9.17, 15) is 0 Å². The molecule has 4 nitrogen and oxygen atoms in total. The van der Waals surface area contributed by atoms with Gasteiger partial charge in [-0.15, -0.1) is 0 Å². The van der Waals surface area contributed by atoms with Gasteiger partial charge in [0.15, 0.2) is 11.3 Å². The van der Waals surface area contributed by atoms with E-state index in [0.717, 1.165) is 16.6 Å². The summed E-state index contributed by atoms with van der Waals surface area (Å²) in [6.45, 7) is 3.06. The van der Waals surface area contributed by atoms with Gasteiger partial charge >= 0.3 is 0 Å². The highest BCUT2D eigenvalue weighted by atomic mass is 16.5. The lowest BCUT2D eigenvalue weighted by molar-refractivity contribution is 0.131. The quantitative estimate of drug-likeness (QED) is 0.709. The number of fused-ring (bicyclic) bond motifs is 1. The van der Waals surface area contributed by atoms with Crippen molar-refractivity contribution in [3.05, 3.63) is 65.7 Å². The van der Waals surface area contributed by atoms with Crippen LogP contribution in [0.5, 0.6) is 5.75 Å². The zero-order valence-electron chi connectivity index (χ0n) is 13.3. The molecule has 118 valence electrons. The Hall–Kier alpha value is -2.59. The molecule has 4 heteroatoms. The van der Waals surface area contributed by atoms with Crippen molar-refractivity contribution in [1.29, 1.82) is 0 Å². The summed E-state index contributed by atoms with van der Waals surface area (Å²) in [4.78, 5) is 4.62. The predicted octanol–water partition coefficient (Wildman–Crippen LogP) is 4.21. The summed E-state index contributed by atoms with van der Waals surface area (Å²) < 4.78 is 17.0. The van der Waals surface area contributed by atoms with Crippen molar-refractivity contribution < 1.29 is 13.9 Å². The van der Waals surface area contributed by atoms with Crippen molar-refractivity contribution >= 4 is 16.7 Å². The van der Waals surface area contributed by atoms with Crippen LogP contribution in [0.25, 0.3) is 11.0 Å². The molecule has 0 aliphatic rings. The molecule has 0 saturated heterocycles. The van der Waals surface area contributed by atoms with Gasteiger partial charge in [0.1, 0.15) is 0 Å². The molecule has 0 fully saturated rings. The molecule has 2 aromatic carbocycles. The third-order valence-corrected chi connectivity index (χ3v) is 3.48. The fraction of sp³-hybridized carbons (Fsp3) is 0.211. The Labute approximate surface area is 135 Å². The second-order valence-electron chi connectivity index (χ2n) is 5.04. The minimum Gasteiger partial charge on any atom is -0.493 e. The van der Waals surface area contributed by atoms with Crippen LogP contribution >= 0.6 is 0 Å². The summed E-state index contributed by atoms with van der Waals surface area (Å²) in [5.74, 6) is 0.690. The first-order valence-electron chi connectivity index (χ1n) is 7.59. The standard InChI is InChI=1S/C19H19NO3/c1-3-22-13-15-12-14-8-7-11-17(21-2)18(14)23-19(15)20-16-9-5-4-6-10-16/h4-12H,3,13H2,1-2H3. The van der Waals surface area contributed by atoms with Crippen molar-refractivity contribution in [3.63, 3.8) is 0 Å². The van der Waals surface area contributed by atoms with Gasteiger partial charge in [-0.05, 0) is 31.2 Å². The molecule has 0 aliphatic heterocycles. The van der Waals surface area contributed by atoms with Crippen LogP contribution in [0.1, 0.15) is 12.5 Å². The molecule has 3 aromatic rings. The first kappa shape index (κ1) is 15.3. The average Bonchev–Trinajstić information content (AvgIpc) is 2.60. The monoisotopic (exact) mass is 309 g/mol. The number of hydrogen-bond donors (Lipinski definition) is 0. The van der Waals surface area contributed by atoms with Crippen LogP contribution in [0.2, 0.25) is 0 Å². The molecule has 0 bridgehead atoms. The SMILES string of the molecule is CCOCc1cc2cccc(OC)c2oc1=Nc1ccccc1. The van der Waals surface area contributed by atoms with Gasteiger partial charge < -0.3 is 13.9 Å². The molecule has 1 heterocycles. The molecule has 1 aromatic heterocycles. The normalized spacial score (nSPS) is 11.8. The number of ether oxygens (including phenoxy) is 2. The number of hydrogen-bond acceptors (Lipinski definition) is 4. The van der Waals surface area contributed by atoms with Gasteiger partial charge in [-0.2, -0.15) is 0 Å². The van der Waals surface area contributed by atoms with E-state index in [2.05, 4.69) is 4.99 Å². The van der Waals surface area contributed by atoms with Crippen LogP contribution < -0.4 is 10.3 Å². The van der Waals surface area contributed by atoms with Crippen molar-refractivity contribution in [2.75, 3.05) is 13.7 Å². The van der Waals surface area contributed by atoms with Gasteiger partial charge in [0, 0.05) is 17.6 Å². The molecule has 0 aliphatic carbocycles. The van der Waals surface area contributed by atoms with Gasteiger partial charge in [0.25, 0.3) is 0 Å². The topological polar surface area (TPSA) is 44.0 Å². The van der Waals surface area contributed by atoms with Gasteiger partial charge in [-0.3, -0.25) is 0 Å². The van der Waals surface area contributed by atoms with Crippen LogP contribution in [-0.4, -0.2) is 13.7 Å². The molecule has 0 spiro atoms. The molecule has 23 heavy (non-hydrogen) atoms. The van der Waals surface area contributed by atoms with Gasteiger partial charge in [-0.1, -0.05) is 30.3 Å². The second-order valence-corrected chi connectivity index (χ2v) is 5.04. The summed E-state index contributed by atoms with van der Waals surface area (Å²) in [6, 6.07) is 17.6. The summed E-state index contributed by atoms with van der Waals surface area (Å²) >= 11 is 0. The molecule has 0 unspecified atom stereocenters. The molecule has 0 radical (unpaired) electrons. The molecule has 0 atom stereocenters. The van der Waals surface area contributed by atoms with E-state index in [0.29, 0.717) is 30.1 Å². The molecule has 0 amide bonds. The molecule has 0 N–H and O–H groups in total. The fourth-order valence-corrected chi connectivity index (χ4v) is 2.36. The third kappa shape index (κ3) is 3.43. The van der Waals surface area contributed by atoms with Crippen molar-refractivity contribution in [1.82, 2.24) is 0 Å². The summed E-state index contributed by atoms with van der Waals surface area (Å²) in [5.41, 5.74) is 2.98. The Kier molecular flexibility index (Phi) is 4.74. The largest absolute Gasteiger partial charge is 0.493 e. The Balaban J connectivity index is 2.21. The highest BCUT2D eigenvalue weighted by Crippen LogP contribution is 2.25. The number of rotatable bonds is 5. The minimum absolute atomic E-state index is 0.457. The maximum Gasteiger partial charge on any atom is 0.225 e. The van der Waals surface area contributed by atoms with Gasteiger partial charge in [-0.25, -0.2) is 4.99 Å². The highest BCUT2D eigenvalue weighted by molar-refractivity contribution is 5.82. The number of nitrogens with zero attached hydrogens (tertiary/aromatic N) is 1. The van der Waals surface area contributed by atoms with E-state index in [1.807, 2.05) is 61.5 Å². The Morgan fingerprint density at radius 1 is 1.04 bits per heavy atom. The summed E-state index contributed by atoms with van der Waals surface area (Å²) in [6.07, 6.45) is 0. The van der Waals surface area contributed by atoms with E-state index in [-0.39, 0.29) is 0 Å². The number of para-hydroxylation sites is 2. The fourth-order valence-electron chi connectivity index (χ4n) is 2.36. The minimum atomic E-state index is 0.457. The summed E-state index contributed by atoms with van der Waals surface area (Å²) in [7, 11) is 1.63. The van der Waals surface area contributed by atoms with Crippen LogP contribution in [0.4, 0.5) is 5.69 Å². The Morgan fingerprint density at radius 2 is 1.87 bits per heavy atom. The first-order chi connectivity index (χ1) is 11.3. The lowest BCUT2D eigenvalue weighted by atomic mass is 10.2. The first-order valence-corrected chi connectivity index (χ1v) is 7.59. The molecular weight excluding hydrogens is 290 g/mol. The predicted molar refractivity (Wildman–Crippen MR) is 89.8 cm³/mol. The maximum atomic E-state index is 6.04. The van der Waals surface area contributed by atoms with Crippen LogP contribution in [0.3, 0.4) is 0 Å². The maximum absolute atomic E-state index is 6.04.